The van der Waals surface area contributed by atoms with Gasteiger partial charge in [0.2, 0.25) is 0 Å². The van der Waals surface area contributed by atoms with Crippen molar-refractivity contribution in [3.8, 4) is 0 Å². The largest absolute Gasteiger partial charge is 0.416 e. The summed E-state index contributed by atoms with van der Waals surface area (Å²) in [4.78, 5) is 0. The van der Waals surface area contributed by atoms with Crippen LogP contribution in [-0.4, -0.2) is 12.7 Å². The van der Waals surface area contributed by atoms with Gasteiger partial charge < -0.3 is 5.32 Å². The molecule has 1 atom stereocenters. The molecular weight excluding hydrogens is 284 g/mol. The van der Waals surface area contributed by atoms with Crippen molar-refractivity contribution < 1.29 is 26.3 Å². The van der Waals surface area contributed by atoms with E-state index in [1.54, 1.807) is 6.92 Å². The molecule has 20 heavy (non-hydrogen) atoms. The number of rotatable bonds is 5. The summed E-state index contributed by atoms with van der Waals surface area (Å²) in [6, 6.07) is 4.31. The van der Waals surface area contributed by atoms with Gasteiger partial charge in [0, 0.05) is 12.5 Å². The van der Waals surface area contributed by atoms with E-state index in [4.69, 9.17) is 0 Å². The standard InChI is InChI=1S/C13H15F6N/c1-9(20-7-3-6-12(14,15)16)10-4-2-5-11(8-10)13(17,18)19/h2,4-5,8-9,20H,3,6-7H2,1H3. The molecule has 0 aliphatic carbocycles. The van der Waals surface area contributed by atoms with Gasteiger partial charge in [0.15, 0.2) is 0 Å². The predicted octanol–water partition coefficient (Wildman–Crippen LogP) is 4.70. The molecule has 7 heteroatoms. The van der Waals surface area contributed by atoms with Crippen molar-refractivity contribution in [1.29, 1.82) is 0 Å². The summed E-state index contributed by atoms with van der Waals surface area (Å²) >= 11 is 0. The Kier molecular flexibility index (Phi) is 5.44. The average Bonchev–Trinajstić information content (AvgIpc) is 2.32. The summed E-state index contributed by atoms with van der Waals surface area (Å²) in [5.74, 6) is 0. The predicted molar refractivity (Wildman–Crippen MR) is 63.2 cm³/mol. The van der Waals surface area contributed by atoms with Crippen LogP contribution in [0.2, 0.25) is 0 Å². The first-order valence-corrected chi connectivity index (χ1v) is 6.07. The van der Waals surface area contributed by atoms with Crippen LogP contribution in [-0.2, 0) is 6.18 Å². The van der Waals surface area contributed by atoms with Crippen LogP contribution < -0.4 is 5.32 Å². The van der Waals surface area contributed by atoms with Crippen molar-refractivity contribution in [1.82, 2.24) is 5.32 Å². The summed E-state index contributed by atoms with van der Waals surface area (Å²) < 4.78 is 73.4. The molecule has 1 nitrogen and oxygen atoms in total. The Balaban J connectivity index is 2.54. The first kappa shape index (κ1) is 16.8. The van der Waals surface area contributed by atoms with E-state index in [2.05, 4.69) is 5.32 Å². The second-order valence-corrected chi connectivity index (χ2v) is 4.52. The molecule has 0 heterocycles. The summed E-state index contributed by atoms with van der Waals surface area (Å²) in [6.07, 6.45) is -9.64. The monoisotopic (exact) mass is 299 g/mol. The Hall–Kier alpha value is -1.24. The van der Waals surface area contributed by atoms with Crippen LogP contribution in [0.1, 0.15) is 36.9 Å². The Labute approximate surface area is 113 Å². The third kappa shape index (κ3) is 5.81. The van der Waals surface area contributed by atoms with Gasteiger partial charge >= 0.3 is 12.4 Å². The SMILES string of the molecule is CC(NCCCC(F)(F)F)c1cccc(C(F)(F)F)c1. The third-order valence-corrected chi connectivity index (χ3v) is 2.80. The fourth-order valence-corrected chi connectivity index (χ4v) is 1.71. The normalized spacial score (nSPS) is 14.3. The molecule has 1 unspecified atom stereocenters. The van der Waals surface area contributed by atoms with E-state index in [-0.39, 0.29) is 13.0 Å². The lowest BCUT2D eigenvalue weighted by molar-refractivity contribution is -0.138. The zero-order valence-corrected chi connectivity index (χ0v) is 10.8. The highest BCUT2D eigenvalue weighted by atomic mass is 19.4. The van der Waals surface area contributed by atoms with E-state index >= 15 is 0 Å². The van der Waals surface area contributed by atoms with Crippen molar-refractivity contribution in [3.05, 3.63) is 35.4 Å². The molecule has 0 saturated heterocycles. The molecule has 0 radical (unpaired) electrons. The fraction of sp³-hybridized carbons (Fsp3) is 0.538. The number of halogens is 6. The maximum Gasteiger partial charge on any atom is 0.416 e. The molecule has 1 aromatic rings. The smallest absolute Gasteiger partial charge is 0.310 e. The van der Waals surface area contributed by atoms with Gasteiger partial charge in [-0.15, -0.1) is 0 Å². The van der Waals surface area contributed by atoms with Crippen LogP contribution in [0.3, 0.4) is 0 Å². The van der Waals surface area contributed by atoms with Gasteiger partial charge in [-0.25, -0.2) is 0 Å². The van der Waals surface area contributed by atoms with Crippen LogP contribution in [0.5, 0.6) is 0 Å². The molecule has 0 saturated carbocycles. The zero-order chi connectivity index (χ0) is 15.4. The fourth-order valence-electron chi connectivity index (χ4n) is 1.71. The maximum atomic E-state index is 12.5. The molecule has 1 rings (SSSR count). The molecule has 114 valence electrons. The second-order valence-electron chi connectivity index (χ2n) is 4.52. The van der Waals surface area contributed by atoms with Crippen molar-refractivity contribution in [2.24, 2.45) is 0 Å². The lowest BCUT2D eigenvalue weighted by Gasteiger charge is -2.16. The van der Waals surface area contributed by atoms with Crippen molar-refractivity contribution >= 4 is 0 Å². The molecule has 0 amide bonds. The first-order chi connectivity index (χ1) is 9.09. The van der Waals surface area contributed by atoms with E-state index in [1.807, 2.05) is 0 Å². The van der Waals surface area contributed by atoms with Crippen LogP contribution in [0, 0.1) is 0 Å². The van der Waals surface area contributed by atoms with Gasteiger partial charge in [0.05, 0.1) is 5.56 Å². The lowest BCUT2D eigenvalue weighted by Crippen LogP contribution is -2.22. The second kappa shape index (κ2) is 6.47. The van der Waals surface area contributed by atoms with Gasteiger partial charge in [-0.1, -0.05) is 12.1 Å². The molecule has 0 fully saturated rings. The third-order valence-electron chi connectivity index (χ3n) is 2.80. The topological polar surface area (TPSA) is 12.0 Å². The molecule has 1 aromatic carbocycles. The van der Waals surface area contributed by atoms with Gasteiger partial charge in [0.1, 0.15) is 0 Å². The number of hydrogen-bond acceptors (Lipinski definition) is 1. The van der Waals surface area contributed by atoms with E-state index in [9.17, 15) is 26.3 Å². The first-order valence-electron chi connectivity index (χ1n) is 6.07. The summed E-state index contributed by atoms with van der Waals surface area (Å²) in [5.41, 5.74) is -0.370. The van der Waals surface area contributed by atoms with Crippen LogP contribution in [0.25, 0.3) is 0 Å². The average molecular weight is 299 g/mol. The molecule has 0 aliphatic heterocycles. The number of benzene rings is 1. The van der Waals surface area contributed by atoms with E-state index in [0.29, 0.717) is 5.56 Å². The highest BCUT2D eigenvalue weighted by molar-refractivity contribution is 5.27. The Bertz CT molecular complexity index is 424. The maximum absolute atomic E-state index is 12.5. The minimum atomic E-state index is -4.42. The van der Waals surface area contributed by atoms with Gasteiger partial charge in [-0.05, 0) is 37.6 Å². The molecular formula is C13H15F6N. The van der Waals surface area contributed by atoms with Gasteiger partial charge in [-0.2, -0.15) is 26.3 Å². The van der Waals surface area contributed by atoms with Gasteiger partial charge in [-0.3, -0.25) is 0 Å². The zero-order valence-electron chi connectivity index (χ0n) is 10.8. The number of nitrogens with one attached hydrogen (secondary N) is 1. The van der Waals surface area contributed by atoms with E-state index in [0.717, 1.165) is 12.1 Å². The van der Waals surface area contributed by atoms with Crippen molar-refractivity contribution in [2.75, 3.05) is 6.54 Å². The molecule has 1 N–H and O–H groups in total. The molecule has 0 aliphatic rings. The Morgan fingerprint density at radius 2 is 1.75 bits per heavy atom. The summed E-state index contributed by atoms with van der Waals surface area (Å²) in [6.45, 7) is 1.71. The lowest BCUT2D eigenvalue weighted by atomic mass is 10.0. The molecule has 0 bridgehead atoms. The van der Waals surface area contributed by atoms with Crippen molar-refractivity contribution in [3.63, 3.8) is 0 Å². The molecule has 0 spiro atoms. The van der Waals surface area contributed by atoms with Gasteiger partial charge in [0.25, 0.3) is 0 Å². The Morgan fingerprint density at radius 1 is 1.10 bits per heavy atom. The summed E-state index contributed by atoms with van der Waals surface area (Å²) in [7, 11) is 0. The number of hydrogen-bond donors (Lipinski definition) is 1. The quantitative estimate of drug-likeness (QED) is 0.614. The Morgan fingerprint density at radius 3 is 2.30 bits per heavy atom. The van der Waals surface area contributed by atoms with Crippen LogP contribution in [0.15, 0.2) is 24.3 Å². The van der Waals surface area contributed by atoms with Crippen molar-refractivity contribution in [2.45, 2.75) is 38.2 Å². The highest BCUT2D eigenvalue weighted by Crippen LogP contribution is 2.30. The van der Waals surface area contributed by atoms with Crippen LogP contribution in [0.4, 0.5) is 26.3 Å². The minimum absolute atomic E-state index is 0.0942. The highest BCUT2D eigenvalue weighted by Gasteiger charge is 2.30. The summed E-state index contributed by atoms with van der Waals surface area (Å²) in [5, 5.41) is 2.78. The van der Waals surface area contributed by atoms with Crippen LogP contribution >= 0.6 is 0 Å². The van der Waals surface area contributed by atoms with E-state index < -0.39 is 30.4 Å². The van der Waals surface area contributed by atoms with E-state index in [1.165, 1.54) is 12.1 Å². The minimum Gasteiger partial charge on any atom is -0.310 e. The molecule has 0 aromatic heterocycles. The number of alkyl halides is 6.